The summed E-state index contributed by atoms with van der Waals surface area (Å²) in [5, 5.41) is 9.95. The Labute approximate surface area is 84.6 Å². The quantitative estimate of drug-likeness (QED) is 0.430. The zero-order valence-electron chi connectivity index (χ0n) is 7.78. The first-order valence-electron chi connectivity index (χ1n) is 4.29. The predicted octanol–water partition coefficient (Wildman–Crippen LogP) is 2.01. The van der Waals surface area contributed by atoms with Gasteiger partial charge in [-0.05, 0) is 12.1 Å². The van der Waals surface area contributed by atoms with Crippen molar-refractivity contribution >= 4 is 0 Å². The molecule has 6 heteroatoms. The molecule has 4 nitrogen and oxygen atoms in total. The Bertz CT molecular complexity index is 357. The zero-order chi connectivity index (χ0) is 11.3. The van der Waals surface area contributed by atoms with Gasteiger partial charge in [0.15, 0.2) is 11.6 Å². The molecule has 15 heavy (non-hydrogen) atoms. The van der Waals surface area contributed by atoms with Gasteiger partial charge in [0.25, 0.3) is 0 Å². The second-order valence-electron chi connectivity index (χ2n) is 2.83. The molecule has 0 unspecified atom stereocenters. The average Bonchev–Trinajstić information content (AvgIpc) is 2.18. The third-order valence-corrected chi connectivity index (χ3v) is 1.64. The molecular formula is C9H9F2NO3. The number of rotatable bonds is 5. The van der Waals surface area contributed by atoms with E-state index in [1.807, 2.05) is 0 Å². The van der Waals surface area contributed by atoms with Crippen molar-refractivity contribution in [1.82, 2.24) is 0 Å². The lowest BCUT2D eigenvalue weighted by atomic mass is 10.3. The van der Waals surface area contributed by atoms with E-state index in [0.29, 0.717) is 0 Å². The molecule has 1 aromatic carbocycles. The van der Waals surface area contributed by atoms with Crippen LogP contribution in [0.1, 0.15) is 6.42 Å². The topological polar surface area (TPSA) is 52.4 Å². The molecule has 0 aliphatic carbocycles. The molecule has 82 valence electrons. The molecule has 0 N–H and O–H groups in total. The van der Waals surface area contributed by atoms with Crippen LogP contribution < -0.4 is 4.74 Å². The third kappa shape index (κ3) is 3.88. The molecule has 0 heterocycles. The number of halogens is 2. The molecule has 1 aromatic rings. The van der Waals surface area contributed by atoms with E-state index in [2.05, 4.69) is 0 Å². The van der Waals surface area contributed by atoms with Crippen LogP contribution in [0.5, 0.6) is 5.75 Å². The molecule has 0 radical (unpaired) electrons. The Morgan fingerprint density at radius 3 is 2.67 bits per heavy atom. The van der Waals surface area contributed by atoms with Crippen LogP contribution in [0.15, 0.2) is 18.2 Å². The van der Waals surface area contributed by atoms with E-state index in [0.717, 1.165) is 12.1 Å². The molecule has 0 atom stereocenters. The fourth-order valence-corrected chi connectivity index (χ4v) is 0.950. The molecule has 0 saturated carbocycles. The largest absolute Gasteiger partial charge is 0.493 e. The van der Waals surface area contributed by atoms with Crippen molar-refractivity contribution in [3.8, 4) is 5.75 Å². The predicted molar refractivity (Wildman–Crippen MR) is 48.3 cm³/mol. The summed E-state index contributed by atoms with van der Waals surface area (Å²) in [5.74, 6) is -1.79. The number of hydrogen-bond acceptors (Lipinski definition) is 3. The maximum atomic E-state index is 12.7. The van der Waals surface area contributed by atoms with Gasteiger partial charge in [0.1, 0.15) is 5.75 Å². The number of nitro groups is 1. The van der Waals surface area contributed by atoms with Crippen molar-refractivity contribution in [3.05, 3.63) is 39.9 Å². The van der Waals surface area contributed by atoms with Crippen molar-refractivity contribution in [1.29, 1.82) is 0 Å². The Hall–Kier alpha value is -1.72. The highest BCUT2D eigenvalue weighted by molar-refractivity contribution is 5.23. The number of hydrogen-bond donors (Lipinski definition) is 0. The molecule has 0 aliphatic heterocycles. The minimum absolute atomic E-state index is 0.103. The summed E-state index contributed by atoms with van der Waals surface area (Å²) in [6.45, 7) is -0.101. The smallest absolute Gasteiger partial charge is 0.207 e. The van der Waals surface area contributed by atoms with Crippen LogP contribution in [0.3, 0.4) is 0 Å². The van der Waals surface area contributed by atoms with Crippen molar-refractivity contribution in [3.63, 3.8) is 0 Å². The van der Waals surface area contributed by atoms with Gasteiger partial charge in [0.2, 0.25) is 6.54 Å². The van der Waals surface area contributed by atoms with E-state index in [1.54, 1.807) is 0 Å². The van der Waals surface area contributed by atoms with Gasteiger partial charge >= 0.3 is 0 Å². The Morgan fingerprint density at radius 2 is 2.07 bits per heavy atom. The van der Waals surface area contributed by atoms with Gasteiger partial charge in [-0.3, -0.25) is 10.1 Å². The highest BCUT2D eigenvalue weighted by atomic mass is 19.2. The highest BCUT2D eigenvalue weighted by Crippen LogP contribution is 2.15. The van der Waals surface area contributed by atoms with Gasteiger partial charge in [-0.15, -0.1) is 0 Å². The summed E-state index contributed by atoms with van der Waals surface area (Å²) in [5.41, 5.74) is 0. The maximum absolute atomic E-state index is 12.7. The van der Waals surface area contributed by atoms with E-state index < -0.39 is 16.6 Å². The minimum Gasteiger partial charge on any atom is -0.493 e. The van der Waals surface area contributed by atoms with Crippen LogP contribution in [0.4, 0.5) is 8.78 Å². The zero-order valence-corrected chi connectivity index (χ0v) is 7.78. The number of ether oxygens (including phenoxy) is 1. The second kappa shape index (κ2) is 5.23. The first kappa shape index (κ1) is 11.4. The summed E-state index contributed by atoms with van der Waals surface area (Å²) in [7, 11) is 0. The normalized spacial score (nSPS) is 10.0. The second-order valence-corrected chi connectivity index (χ2v) is 2.83. The fourth-order valence-electron chi connectivity index (χ4n) is 0.950. The lowest BCUT2D eigenvalue weighted by Crippen LogP contribution is -2.06. The first-order valence-corrected chi connectivity index (χ1v) is 4.29. The van der Waals surface area contributed by atoms with Crippen LogP contribution >= 0.6 is 0 Å². The lowest BCUT2D eigenvalue weighted by molar-refractivity contribution is -0.480. The van der Waals surface area contributed by atoms with Gasteiger partial charge in [0.05, 0.1) is 6.61 Å². The van der Waals surface area contributed by atoms with E-state index in [1.165, 1.54) is 6.07 Å². The van der Waals surface area contributed by atoms with E-state index in [9.17, 15) is 18.9 Å². The molecule has 1 rings (SSSR count). The van der Waals surface area contributed by atoms with E-state index in [-0.39, 0.29) is 25.3 Å². The van der Waals surface area contributed by atoms with Crippen molar-refractivity contribution in [2.24, 2.45) is 0 Å². The first-order chi connectivity index (χ1) is 7.09. The van der Waals surface area contributed by atoms with Crippen LogP contribution in [-0.4, -0.2) is 18.1 Å². The molecule has 0 bridgehead atoms. The Morgan fingerprint density at radius 1 is 1.33 bits per heavy atom. The monoisotopic (exact) mass is 217 g/mol. The summed E-state index contributed by atoms with van der Waals surface area (Å²) in [4.78, 5) is 9.49. The molecule has 0 fully saturated rings. The highest BCUT2D eigenvalue weighted by Gasteiger charge is 2.03. The molecule has 0 amide bonds. The molecular weight excluding hydrogens is 208 g/mol. The van der Waals surface area contributed by atoms with Crippen molar-refractivity contribution in [2.45, 2.75) is 6.42 Å². The molecule has 0 aliphatic rings. The minimum atomic E-state index is -0.998. The number of benzene rings is 1. The van der Waals surface area contributed by atoms with E-state index >= 15 is 0 Å². The molecule has 0 aromatic heterocycles. The van der Waals surface area contributed by atoms with Crippen LogP contribution in [0, 0.1) is 21.7 Å². The average molecular weight is 217 g/mol. The van der Waals surface area contributed by atoms with Crippen molar-refractivity contribution in [2.75, 3.05) is 13.2 Å². The molecule has 0 saturated heterocycles. The Kier molecular flexibility index (Phi) is 3.96. The number of nitrogens with zero attached hydrogens (tertiary/aromatic N) is 1. The van der Waals surface area contributed by atoms with Crippen LogP contribution in [0.25, 0.3) is 0 Å². The SMILES string of the molecule is O=[N+]([O-])CCCOc1ccc(F)c(F)c1. The third-order valence-electron chi connectivity index (χ3n) is 1.64. The molecule has 0 spiro atoms. The standard InChI is InChI=1S/C9H9F2NO3/c10-8-3-2-7(6-9(8)11)15-5-1-4-12(13)14/h2-3,6H,1,4-5H2. The van der Waals surface area contributed by atoms with E-state index in [4.69, 9.17) is 4.74 Å². The summed E-state index contributed by atoms with van der Waals surface area (Å²) < 4.78 is 30.1. The summed E-state index contributed by atoms with van der Waals surface area (Å²) >= 11 is 0. The van der Waals surface area contributed by atoms with Gasteiger partial charge in [-0.25, -0.2) is 8.78 Å². The van der Waals surface area contributed by atoms with Gasteiger partial charge in [-0.2, -0.15) is 0 Å². The lowest BCUT2D eigenvalue weighted by Gasteiger charge is -2.04. The van der Waals surface area contributed by atoms with Gasteiger partial charge < -0.3 is 4.74 Å². The van der Waals surface area contributed by atoms with Crippen LogP contribution in [0.2, 0.25) is 0 Å². The Balaban J connectivity index is 2.38. The van der Waals surface area contributed by atoms with Gasteiger partial charge in [0, 0.05) is 17.4 Å². The van der Waals surface area contributed by atoms with Crippen molar-refractivity contribution < 1.29 is 18.4 Å². The maximum Gasteiger partial charge on any atom is 0.207 e. The van der Waals surface area contributed by atoms with Crippen LogP contribution in [-0.2, 0) is 0 Å². The summed E-state index contributed by atoms with van der Waals surface area (Å²) in [6.07, 6.45) is 0.228. The summed E-state index contributed by atoms with van der Waals surface area (Å²) in [6, 6.07) is 3.12. The van der Waals surface area contributed by atoms with Gasteiger partial charge in [-0.1, -0.05) is 0 Å². The fraction of sp³-hybridized carbons (Fsp3) is 0.333.